The van der Waals surface area contributed by atoms with Crippen molar-refractivity contribution in [1.82, 2.24) is 20.2 Å². The van der Waals surface area contributed by atoms with Crippen LogP contribution in [0.4, 0.5) is 5.69 Å². The highest BCUT2D eigenvalue weighted by Gasteiger charge is 2.29. The fourth-order valence-electron chi connectivity index (χ4n) is 2.93. The van der Waals surface area contributed by atoms with Crippen molar-refractivity contribution in [3.05, 3.63) is 54.0 Å². The van der Waals surface area contributed by atoms with Gasteiger partial charge in [0.1, 0.15) is 12.3 Å². The predicted octanol–water partition coefficient (Wildman–Crippen LogP) is 2.38. The Morgan fingerprint density at radius 3 is 3.04 bits per heavy atom. The molecule has 7 nitrogen and oxygen atoms in total. The normalized spacial score (nSPS) is 14.5. The number of hydrogen-bond donors (Lipinski definition) is 0. The molecule has 8 heteroatoms. The molecular formula is C17H17N5O2S. The highest BCUT2D eigenvalue weighted by atomic mass is 32.2. The second-order valence-electron chi connectivity index (χ2n) is 5.83. The van der Waals surface area contributed by atoms with Crippen LogP contribution in [0.25, 0.3) is 0 Å². The van der Waals surface area contributed by atoms with Crippen LogP contribution < -0.4 is 4.90 Å². The van der Waals surface area contributed by atoms with Gasteiger partial charge in [-0.2, -0.15) is 0 Å². The van der Waals surface area contributed by atoms with Crippen molar-refractivity contribution in [1.29, 1.82) is 0 Å². The van der Waals surface area contributed by atoms with Gasteiger partial charge in [-0.15, -0.1) is 5.10 Å². The Bertz CT molecular complexity index is 877. The first-order valence-corrected chi connectivity index (χ1v) is 8.95. The highest BCUT2D eigenvalue weighted by molar-refractivity contribution is 8.00. The molecule has 128 valence electrons. The van der Waals surface area contributed by atoms with E-state index in [0.717, 1.165) is 24.4 Å². The fraction of sp³-hybridized carbons (Fsp3) is 0.294. The number of rotatable bonds is 5. The Labute approximate surface area is 149 Å². The molecule has 3 aromatic rings. The van der Waals surface area contributed by atoms with Gasteiger partial charge in [0.2, 0.25) is 11.1 Å². The number of furan rings is 1. The topological polar surface area (TPSA) is 77.0 Å². The Morgan fingerprint density at radius 1 is 1.32 bits per heavy atom. The number of fused-ring (bicyclic) bond motifs is 1. The molecule has 25 heavy (non-hydrogen) atoms. The third kappa shape index (κ3) is 3.17. The maximum atomic E-state index is 12.9. The zero-order valence-corrected chi connectivity index (χ0v) is 14.5. The fourth-order valence-corrected chi connectivity index (χ4v) is 3.78. The van der Waals surface area contributed by atoms with Crippen molar-refractivity contribution in [2.24, 2.45) is 0 Å². The van der Waals surface area contributed by atoms with Gasteiger partial charge < -0.3 is 9.32 Å². The number of carbonyl (C=O) groups excluding carboxylic acids is 1. The average molecular weight is 355 g/mol. The number of anilines is 1. The zero-order chi connectivity index (χ0) is 17.2. The minimum atomic E-state index is -0.285. The van der Waals surface area contributed by atoms with Crippen molar-refractivity contribution >= 4 is 23.4 Å². The first kappa shape index (κ1) is 15.9. The summed E-state index contributed by atoms with van der Waals surface area (Å²) in [6.45, 7) is 3.05. The largest absolute Gasteiger partial charge is 0.467 e. The van der Waals surface area contributed by atoms with Crippen molar-refractivity contribution in [2.45, 2.75) is 30.3 Å². The van der Waals surface area contributed by atoms with E-state index in [4.69, 9.17) is 4.42 Å². The van der Waals surface area contributed by atoms with Crippen LogP contribution in [0.2, 0.25) is 0 Å². The summed E-state index contributed by atoms with van der Waals surface area (Å²) in [6.07, 6.45) is 2.51. The lowest BCUT2D eigenvalue weighted by molar-refractivity contribution is -0.117. The smallest absolute Gasteiger partial charge is 0.240 e. The van der Waals surface area contributed by atoms with Gasteiger partial charge >= 0.3 is 0 Å². The van der Waals surface area contributed by atoms with Gasteiger partial charge in [-0.25, -0.2) is 4.68 Å². The van der Waals surface area contributed by atoms with Crippen molar-refractivity contribution in [2.75, 3.05) is 11.4 Å². The maximum Gasteiger partial charge on any atom is 0.240 e. The van der Waals surface area contributed by atoms with Crippen LogP contribution in [-0.4, -0.2) is 37.9 Å². The van der Waals surface area contributed by atoms with Crippen LogP contribution in [0.15, 0.2) is 52.2 Å². The standard InChI is InChI=1S/C17H17N5O2S/c1-12(16(23)21-9-8-13-5-2-3-7-15(13)21)25-17-18-19-20-22(17)11-14-6-4-10-24-14/h2-7,10,12H,8-9,11H2,1H3. The number of para-hydroxylation sites is 1. The van der Waals surface area contributed by atoms with E-state index in [2.05, 4.69) is 21.6 Å². The molecule has 1 aromatic carbocycles. The molecule has 0 saturated heterocycles. The summed E-state index contributed by atoms with van der Waals surface area (Å²) in [7, 11) is 0. The van der Waals surface area contributed by atoms with Crippen LogP contribution in [0, 0.1) is 0 Å². The minimum absolute atomic E-state index is 0.0718. The SMILES string of the molecule is CC(Sc1nnnn1Cc1ccco1)C(=O)N1CCc2ccccc21. The molecule has 0 bridgehead atoms. The molecule has 0 fully saturated rings. The molecule has 0 N–H and O–H groups in total. The Hall–Kier alpha value is -2.61. The maximum absolute atomic E-state index is 12.9. The minimum Gasteiger partial charge on any atom is -0.467 e. The van der Waals surface area contributed by atoms with E-state index in [-0.39, 0.29) is 11.2 Å². The average Bonchev–Trinajstić information content (AvgIpc) is 3.36. The van der Waals surface area contributed by atoms with E-state index in [1.165, 1.54) is 17.3 Å². The molecule has 2 aromatic heterocycles. The lowest BCUT2D eigenvalue weighted by Crippen LogP contribution is -2.35. The Kier molecular flexibility index (Phi) is 4.27. The highest BCUT2D eigenvalue weighted by Crippen LogP contribution is 2.31. The number of tetrazole rings is 1. The van der Waals surface area contributed by atoms with Gasteiger partial charge in [-0.3, -0.25) is 4.79 Å². The summed E-state index contributed by atoms with van der Waals surface area (Å²) < 4.78 is 6.98. The van der Waals surface area contributed by atoms with Crippen LogP contribution in [0.1, 0.15) is 18.2 Å². The van der Waals surface area contributed by atoms with Gasteiger partial charge in [-0.1, -0.05) is 30.0 Å². The lowest BCUT2D eigenvalue weighted by Gasteiger charge is -2.21. The summed E-state index contributed by atoms with van der Waals surface area (Å²) in [5.74, 6) is 0.837. The summed E-state index contributed by atoms with van der Waals surface area (Å²) in [6, 6.07) is 11.7. The lowest BCUT2D eigenvalue weighted by atomic mass is 10.2. The molecule has 0 saturated carbocycles. The molecule has 1 amide bonds. The van der Waals surface area contributed by atoms with Crippen LogP contribution in [0.3, 0.4) is 0 Å². The quantitative estimate of drug-likeness (QED) is 0.654. The van der Waals surface area contributed by atoms with E-state index in [1.807, 2.05) is 42.2 Å². The van der Waals surface area contributed by atoms with E-state index < -0.39 is 0 Å². The van der Waals surface area contributed by atoms with Crippen LogP contribution >= 0.6 is 11.8 Å². The number of nitrogens with zero attached hydrogens (tertiary/aromatic N) is 5. The number of thioether (sulfide) groups is 1. The van der Waals surface area contributed by atoms with Gasteiger partial charge in [0, 0.05) is 12.2 Å². The van der Waals surface area contributed by atoms with Gasteiger partial charge in [0.15, 0.2) is 0 Å². The van der Waals surface area contributed by atoms with E-state index in [9.17, 15) is 4.79 Å². The monoisotopic (exact) mass is 355 g/mol. The number of aromatic nitrogens is 4. The van der Waals surface area contributed by atoms with Crippen molar-refractivity contribution in [3.63, 3.8) is 0 Å². The second-order valence-corrected chi connectivity index (χ2v) is 7.14. The van der Waals surface area contributed by atoms with Gasteiger partial charge in [0.05, 0.1) is 11.5 Å². The number of hydrogen-bond acceptors (Lipinski definition) is 6. The van der Waals surface area contributed by atoms with Crippen molar-refractivity contribution < 1.29 is 9.21 Å². The van der Waals surface area contributed by atoms with E-state index in [1.54, 1.807) is 10.9 Å². The van der Waals surface area contributed by atoms with Crippen LogP contribution in [-0.2, 0) is 17.8 Å². The van der Waals surface area contributed by atoms with E-state index in [0.29, 0.717) is 11.7 Å². The number of amides is 1. The van der Waals surface area contributed by atoms with Crippen molar-refractivity contribution in [3.8, 4) is 0 Å². The van der Waals surface area contributed by atoms with Crippen LogP contribution in [0.5, 0.6) is 0 Å². The second kappa shape index (κ2) is 6.72. The molecule has 0 spiro atoms. The first-order chi connectivity index (χ1) is 12.2. The molecule has 1 unspecified atom stereocenters. The Balaban J connectivity index is 1.47. The Morgan fingerprint density at radius 2 is 2.20 bits per heavy atom. The number of carbonyl (C=O) groups is 1. The molecule has 0 aliphatic carbocycles. The number of benzene rings is 1. The third-order valence-corrected chi connectivity index (χ3v) is 5.23. The summed E-state index contributed by atoms with van der Waals surface area (Å²) >= 11 is 1.36. The predicted molar refractivity (Wildman–Crippen MR) is 93.4 cm³/mol. The molecule has 4 rings (SSSR count). The molecular weight excluding hydrogens is 338 g/mol. The molecule has 1 atom stereocenters. The summed E-state index contributed by atoms with van der Waals surface area (Å²) in [5.41, 5.74) is 2.23. The van der Waals surface area contributed by atoms with Gasteiger partial charge in [-0.05, 0) is 47.5 Å². The molecule has 1 aliphatic heterocycles. The third-order valence-electron chi connectivity index (χ3n) is 4.17. The van der Waals surface area contributed by atoms with Gasteiger partial charge in [0.25, 0.3) is 0 Å². The molecule has 1 aliphatic rings. The molecule has 0 radical (unpaired) electrons. The molecule has 3 heterocycles. The summed E-state index contributed by atoms with van der Waals surface area (Å²) in [5, 5.41) is 12.1. The van der Waals surface area contributed by atoms with E-state index >= 15 is 0 Å². The first-order valence-electron chi connectivity index (χ1n) is 8.07. The summed E-state index contributed by atoms with van der Waals surface area (Å²) in [4.78, 5) is 14.7. The zero-order valence-electron chi connectivity index (χ0n) is 13.7.